The number of hydrogen-bond donors (Lipinski definition) is 2. The van der Waals surface area contributed by atoms with Crippen molar-refractivity contribution >= 4 is 27.3 Å². The lowest BCUT2D eigenvalue weighted by molar-refractivity contribution is 0.101. The molecule has 0 bridgehead atoms. The van der Waals surface area contributed by atoms with Gasteiger partial charge in [0.05, 0.1) is 21.5 Å². The summed E-state index contributed by atoms with van der Waals surface area (Å²) in [5.74, 6) is -4.59. The van der Waals surface area contributed by atoms with Gasteiger partial charge in [-0.25, -0.2) is 18.2 Å². The third-order valence-corrected chi connectivity index (χ3v) is 6.03. The molecule has 6 nitrogen and oxygen atoms in total. The highest BCUT2D eigenvalue weighted by Crippen LogP contribution is 2.46. The predicted molar refractivity (Wildman–Crippen MR) is 114 cm³/mol. The molecule has 0 saturated heterocycles. The first-order valence-corrected chi connectivity index (χ1v) is 10.4. The van der Waals surface area contributed by atoms with Crippen LogP contribution in [0.1, 0.15) is 21.9 Å². The van der Waals surface area contributed by atoms with Crippen LogP contribution < -0.4 is 0 Å². The van der Waals surface area contributed by atoms with Crippen LogP contribution in [0.25, 0.3) is 26.6 Å². The average Bonchev–Trinajstić information content (AvgIpc) is 3.44. The number of fused-ring (bicyclic) bond motifs is 1. The number of thiazole rings is 1. The summed E-state index contributed by atoms with van der Waals surface area (Å²) < 4.78 is 48.9. The summed E-state index contributed by atoms with van der Waals surface area (Å²) in [6.07, 6.45) is 0. The smallest absolute Gasteiger partial charge is 0.242 e. The number of ketones is 1. The Morgan fingerprint density at radius 3 is 2.45 bits per heavy atom. The van der Waals surface area contributed by atoms with Gasteiger partial charge in [-0.15, -0.1) is 0 Å². The van der Waals surface area contributed by atoms with Gasteiger partial charge in [-0.1, -0.05) is 11.3 Å². The van der Waals surface area contributed by atoms with Crippen LogP contribution in [0.15, 0.2) is 52.9 Å². The quantitative estimate of drug-likeness (QED) is 0.328. The summed E-state index contributed by atoms with van der Waals surface area (Å²) in [6, 6.07) is 9.41. The topological polar surface area (TPSA) is 88.5 Å². The second-order valence-electron chi connectivity index (χ2n) is 7.20. The van der Waals surface area contributed by atoms with Crippen molar-refractivity contribution in [3.63, 3.8) is 0 Å². The minimum absolute atomic E-state index is 0.0248. The summed E-state index contributed by atoms with van der Waals surface area (Å²) in [5, 5.41) is 21.5. The number of nitrogens with zero attached hydrogens (tertiary/aromatic N) is 2. The number of aromatic nitrogens is 2. The number of carbonyl (C=O) groups is 1. The molecule has 0 saturated carbocycles. The standard InChI is InChI=1S/C23H13F3N2O4S/c1-10-2-7-16(32-10)20(29)18-19(13-5-3-11(24)8-14(13)26)28(22(31)21(18)30)23-27-15-6-4-12(25)9-17(15)33-23/h2-9,30-31H,1H3. The molecule has 0 radical (unpaired) electrons. The predicted octanol–water partition coefficient (Wildman–Crippen LogP) is 5.71. The normalized spacial score (nSPS) is 11.4. The number of hydrogen-bond acceptors (Lipinski definition) is 6. The first-order chi connectivity index (χ1) is 15.7. The van der Waals surface area contributed by atoms with Crippen molar-refractivity contribution in [2.45, 2.75) is 6.92 Å². The van der Waals surface area contributed by atoms with Gasteiger partial charge in [-0.3, -0.25) is 9.36 Å². The zero-order chi connectivity index (χ0) is 23.4. The molecule has 2 N–H and O–H groups in total. The fourth-order valence-electron chi connectivity index (χ4n) is 3.55. The Balaban J connectivity index is 1.84. The number of halogens is 3. The molecule has 3 aromatic heterocycles. The molecular formula is C23H13F3N2O4S. The summed E-state index contributed by atoms with van der Waals surface area (Å²) >= 11 is 0.940. The molecule has 0 fully saturated rings. The van der Waals surface area contributed by atoms with Gasteiger partial charge in [0, 0.05) is 11.6 Å². The van der Waals surface area contributed by atoms with Crippen molar-refractivity contribution < 1.29 is 32.6 Å². The van der Waals surface area contributed by atoms with Crippen molar-refractivity contribution in [1.82, 2.24) is 9.55 Å². The van der Waals surface area contributed by atoms with Crippen molar-refractivity contribution in [1.29, 1.82) is 0 Å². The second-order valence-corrected chi connectivity index (χ2v) is 8.21. The molecule has 0 aliphatic carbocycles. The van der Waals surface area contributed by atoms with Gasteiger partial charge in [0.15, 0.2) is 16.6 Å². The van der Waals surface area contributed by atoms with Crippen molar-refractivity contribution in [2.75, 3.05) is 0 Å². The monoisotopic (exact) mass is 470 g/mol. The number of aromatic hydroxyl groups is 2. The largest absolute Gasteiger partial charge is 0.503 e. The maximum atomic E-state index is 14.9. The third-order valence-electron chi connectivity index (χ3n) is 5.03. The van der Waals surface area contributed by atoms with Crippen LogP contribution in [0.5, 0.6) is 11.6 Å². The van der Waals surface area contributed by atoms with Gasteiger partial charge in [0.1, 0.15) is 23.2 Å². The number of rotatable bonds is 4. The number of furan rings is 1. The summed E-state index contributed by atoms with van der Waals surface area (Å²) in [7, 11) is 0. The Labute approximate surface area is 187 Å². The Bertz CT molecular complexity index is 1570. The lowest BCUT2D eigenvalue weighted by Gasteiger charge is -2.10. The van der Waals surface area contributed by atoms with E-state index in [-0.39, 0.29) is 22.1 Å². The highest BCUT2D eigenvalue weighted by molar-refractivity contribution is 7.20. The van der Waals surface area contributed by atoms with E-state index < -0.39 is 40.4 Å². The first-order valence-electron chi connectivity index (χ1n) is 9.54. The Morgan fingerprint density at radius 1 is 1.03 bits per heavy atom. The van der Waals surface area contributed by atoms with Crippen LogP contribution >= 0.6 is 11.3 Å². The van der Waals surface area contributed by atoms with Crippen molar-refractivity contribution in [3.05, 3.63) is 83.1 Å². The van der Waals surface area contributed by atoms with Crippen LogP contribution in [0.4, 0.5) is 13.2 Å². The molecule has 0 atom stereocenters. The highest BCUT2D eigenvalue weighted by Gasteiger charge is 2.33. The minimum atomic E-state index is -1.04. The van der Waals surface area contributed by atoms with Gasteiger partial charge >= 0.3 is 0 Å². The molecule has 33 heavy (non-hydrogen) atoms. The molecule has 2 aromatic carbocycles. The van der Waals surface area contributed by atoms with E-state index in [0.717, 1.165) is 28.0 Å². The maximum Gasteiger partial charge on any atom is 0.242 e. The Morgan fingerprint density at radius 2 is 1.76 bits per heavy atom. The maximum absolute atomic E-state index is 14.9. The molecule has 0 unspecified atom stereocenters. The van der Waals surface area contributed by atoms with Crippen LogP contribution in [0.3, 0.4) is 0 Å². The molecule has 0 amide bonds. The molecule has 3 heterocycles. The van der Waals surface area contributed by atoms with E-state index in [0.29, 0.717) is 22.0 Å². The van der Waals surface area contributed by atoms with Crippen LogP contribution in [-0.4, -0.2) is 25.5 Å². The van der Waals surface area contributed by atoms with E-state index >= 15 is 0 Å². The van der Waals surface area contributed by atoms with E-state index in [2.05, 4.69) is 4.98 Å². The van der Waals surface area contributed by atoms with Crippen LogP contribution in [0, 0.1) is 24.4 Å². The van der Waals surface area contributed by atoms with Gasteiger partial charge in [0.2, 0.25) is 11.7 Å². The number of carbonyl (C=O) groups excluding carboxylic acids is 1. The van der Waals surface area contributed by atoms with E-state index in [1.807, 2.05) is 0 Å². The van der Waals surface area contributed by atoms with Crippen LogP contribution in [-0.2, 0) is 0 Å². The van der Waals surface area contributed by atoms with Crippen LogP contribution in [0.2, 0.25) is 0 Å². The average molecular weight is 470 g/mol. The molecule has 0 aliphatic heterocycles. The molecule has 5 aromatic rings. The van der Waals surface area contributed by atoms with Gasteiger partial charge in [-0.05, 0) is 49.4 Å². The fourth-order valence-corrected chi connectivity index (χ4v) is 4.55. The SMILES string of the molecule is Cc1ccc(C(=O)c2c(O)c(O)n(-c3nc4ccc(F)cc4s3)c2-c2ccc(F)cc2F)o1. The Hall–Kier alpha value is -4.05. The minimum Gasteiger partial charge on any atom is -0.503 e. The van der Waals surface area contributed by atoms with Gasteiger partial charge in [-0.2, -0.15) is 0 Å². The van der Waals surface area contributed by atoms with E-state index in [4.69, 9.17) is 4.42 Å². The summed E-state index contributed by atoms with van der Waals surface area (Å²) in [4.78, 5) is 17.5. The lowest BCUT2D eigenvalue weighted by atomic mass is 10.0. The van der Waals surface area contributed by atoms with E-state index in [9.17, 15) is 28.2 Å². The Kier molecular flexibility index (Phi) is 4.75. The third kappa shape index (κ3) is 3.35. The molecule has 166 valence electrons. The number of benzene rings is 2. The van der Waals surface area contributed by atoms with Gasteiger partial charge < -0.3 is 14.6 Å². The summed E-state index contributed by atoms with van der Waals surface area (Å²) in [5.41, 5.74) is -0.619. The van der Waals surface area contributed by atoms with Gasteiger partial charge in [0.25, 0.3) is 0 Å². The molecule has 0 aliphatic rings. The lowest BCUT2D eigenvalue weighted by Crippen LogP contribution is -2.05. The second kappa shape index (κ2) is 7.52. The highest BCUT2D eigenvalue weighted by atomic mass is 32.1. The van der Waals surface area contributed by atoms with Crippen molar-refractivity contribution in [3.8, 4) is 28.0 Å². The molecule has 0 spiro atoms. The fraction of sp³-hybridized carbons (Fsp3) is 0.0435. The van der Waals surface area contributed by atoms with E-state index in [1.165, 1.54) is 30.3 Å². The molecular weight excluding hydrogens is 457 g/mol. The molecule has 10 heteroatoms. The van der Waals surface area contributed by atoms with E-state index in [1.54, 1.807) is 6.92 Å². The number of aryl methyl sites for hydroxylation is 1. The van der Waals surface area contributed by atoms with Crippen molar-refractivity contribution in [2.24, 2.45) is 0 Å². The zero-order valence-electron chi connectivity index (χ0n) is 16.8. The molecule has 5 rings (SSSR count). The summed E-state index contributed by atoms with van der Waals surface area (Å²) in [6.45, 7) is 1.61. The zero-order valence-corrected chi connectivity index (χ0v) is 17.6. The first kappa shape index (κ1) is 20.8.